The molecule has 1 fully saturated rings. The van der Waals surface area contributed by atoms with Gasteiger partial charge in [0, 0.05) is 24.5 Å². The fourth-order valence-corrected chi connectivity index (χ4v) is 3.09. The number of hydrogen-bond acceptors (Lipinski definition) is 1. The highest BCUT2D eigenvalue weighted by Gasteiger charge is 2.38. The van der Waals surface area contributed by atoms with Gasteiger partial charge in [0.2, 0.25) is 0 Å². The summed E-state index contributed by atoms with van der Waals surface area (Å²) in [5.74, 6) is 0. The fraction of sp³-hybridized carbons (Fsp3) is 0.600. The molecule has 0 saturated carbocycles. The van der Waals surface area contributed by atoms with Gasteiger partial charge in [-0.15, -0.1) is 11.6 Å². The van der Waals surface area contributed by atoms with Gasteiger partial charge in [-0.2, -0.15) is 0 Å². The van der Waals surface area contributed by atoms with Gasteiger partial charge in [0.25, 0.3) is 0 Å². The zero-order chi connectivity index (χ0) is 12.5. The Morgan fingerprint density at radius 1 is 1.24 bits per heavy atom. The number of alkyl halides is 1. The number of benzene rings is 1. The van der Waals surface area contributed by atoms with Crippen LogP contribution < -0.4 is 0 Å². The fourth-order valence-electron chi connectivity index (χ4n) is 2.74. The number of likely N-dealkylation sites (tertiary alicyclic amines) is 1. The van der Waals surface area contributed by atoms with Crippen LogP contribution in [0.1, 0.15) is 32.8 Å². The van der Waals surface area contributed by atoms with Crippen molar-refractivity contribution in [3.05, 3.63) is 35.9 Å². The van der Waals surface area contributed by atoms with E-state index in [9.17, 15) is 0 Å². The van der Waals surface area contributed by atoms with Crippen molar-refractivity contribution in [3.8, 4) is 0 Å². The molecular formula is C15H22ClN. The third kappa shape index (κ3) is 3.23. The van der Waals surface area contributed by atoms with E-state index in [-0.39, 0.29) is 0 Å². The molecule has 94 valence electrons. The topological polar surface area (TPSA) is 3.24 Å². The molecule has 0 bridgehead atoms. The van der Waals surface area contributed by atoms with Crippen molar-refractivity contribution < 1.29 is 0 Å². The van der Waals surface area contributed by atoms with Crippen LogP contribution in [0, 0.1) is 5.41 Å². The molecule has 1 aromatic rings. The predicted molar refractivity (Wildman–Crippen MR) is 74.4 cm³/mol. The molecule has 1 heterocycles. The number of hydrogen-bond donors (Lipinski definition) is 0. The Bertz CT molecular complexity index is 355. The van der Waals surface area contributed by atoms with E-state index in [4.69, 9.17) is 11.6 Å². The van der Waals surface area contributed by atoms with E-state index in [1.807, 2.05) is 0 Å². The smallest absolute Gasteiger partial charge is 0.0478 e. The van der Waals surface area contributed by atoms with Crippen LogP contribution in [0.4, 0.5) is 0 Å². The largest absolute Gasteiger partial charge is 0.294 e. The highest BCUT2D eigenvalue weighted by atomic mass is 35.5. The number of rotatable bonds is 2. The van der Waals surface area contributed by atoms with Gasteiger partial charge >= 0.3 is 0 Å². The van der Waals surface area contributed by atoms with Crippen LogP contribution in [0.25, 0.3) is 0 Å². The Kier molecular flexibility index (Phi) is 3.79. The van der Waals surface area contributed by atoms with Gasteiger partial charge in [-0.05, 0) is 17.4 Å². The summed E-state index contributed by atoms with van der Waals surface area (Å²) in [4.78, 5) is 2.53. The Balaban J connectivity index is 2.09. The molecule has 1 nitrogen and oxygen atoms in total. The SMILES string of the molecule is CC(C)(C)[C@@H]1C[C@@H](Cl)CN1Cc1ccccc1. The molecule has 2 rings (SSSR count). The first-order valence-corrected chi connectivity index (χ1v) is 6.82. The minimum Gasteiger partial charge on any atom is -0.294 e. The molecule has 17 heavy (non-hydrogen) atoms. The second-order valence-corrected chi connectivity index (χ2v) is 6.75. The minimum atomic E-state index is 0.304. The quantitative estimate of drug-likeness (QED) is 0.721. The monoisotopic (exact) mass is 251 g/mol. The lowest BCUT2D eigenvalue weighted by Gasteiger charge is -2.35. The molecule has 0 amide bonds. The normalized spacial score (nSPS) is 26.4. The maximum atomic E-state index is 6.33. The van der Waals surface area contributed by atoms with Crippen molar-refractivity contribution in [2.75, 3.05) is 6.54 Å². The zero-order valence-corrected chi connectivity index (χ0v) is 11.7. The molecule has 0 aromatic heterocycles. The van der Waals surface area contributed by atoms with Crippen molar-refractivity contribution in [1.82, 2.24) is 4.90 Å². The third-order valence-corrected chi connectivity index (χ3v) is 3.90. The van der Waals surface area contributed by atoms with Crippen LogP contribution in [0.5, 0.6) is 0 Å². The zero-order valence-electron chi connectivity index (χ0n) is 11.0. The summed E-state index contributed by atoms with van der Waals surface area (Å²) < 4.78 is 0. The lowest BCUT2D eigenvalue weighted by molar-refractivity contribution is 0.134. The van der Waals surface area contributed by atoms with Crippen LogP contribution in [-0.4, -0.2) is 22.9 Å². The Labute approximate surface area is 110 Å². The van der Waals surface area contributed by atoms with Crippen molar-refractivity contribution in [3.63, 3.8) is 0 Å². The van der Waals surface area contributed by atoms with Crippen molar-refractivity contribution in [2.45, 2.75) is 45.2 Å². The average Bonchev–Trinajstić information content (AvgIpc) is 2.60. The predicted octanol–water partition coefficient (Wildman–Crippen LogP) is 3.91. The van der Waals surface area contributed by atoms with Crippen LogP contribution >= 0.6 is 11.6 Å². The van der Waals surface area contributed by atoms with Crippen LogP contribution in [-0.2, 0) is 6.54 Å². The van der Waals surface area contributed by atoms with E-state index in [2.05, 4.69) is 56.0 Å². The molecule has 0 radical (unpaired) electrons. The molecule has 2 heteroatoms. The summed E-state index contributed by atoms with van der Waals surface area (Å²) in [5, 5.41) is 0.308. The standard InChI is InChI=1S/C15H22ClN/c1-15(2,3)14-9-13(16)11-17(14)10-12-7-5-4-6-8-12/h4-8,13-14H,9-11H2,1-3H3/t13-,14+/m1/s1. The van der Waals surface area contributed by atoms with Crippen LogP contribution in [0.2, 0.25) is 0 Å². The van der Waals surface area contributed by atoms with Gasteiger partial charge in [0.05, 0.1) is 0 Å². The number of halogens is 1. The Morgan fingerprint density at radius 3 is 2.47 bits per heavy atom. The van der Waals surface area contributed by atoms with Gasteiger partial charge in [0.15, 0.2) is 0 Å². The van der Waals surface area contributed by atoms with Crippen LogP contribution in [0.3, 0.4) is 0 Å². The van der Waals surface area contributed by atoms with E-state index >= 15 is 0 Å². The first-order chi connectivity index (χ1) is 7.97. The first-order valence-electron chi connectivity index (χ1n) is 6.39. The van der Waals surface area contributed by atoms with Crippen molar-refractivity contribution in [2.24, 2.45) is 5.41 Å². The van der Waals surface area contributed by atoms with Gasteiger partial charge in [-0.25, -0.2) is 0 Å². The maximum Gasteiger partial charge on any atom is 0.0478 e. The highest BCUT2D eigenvalue weighted by molar-refractivity contribution is 6.21. The van der Waals surface area contributed by atoms with Gasteiger partial charge < -0.3 is 0 Å². The second-order valence-electron chi connectivity index (χ2n) is 6.13. The molecule has 0 N–H and O–H groups in total. The minimum absolute atomic E-state index is 0.304. The molecule has 1 saturated heterocycles. The summed E-state index contributed by atoms with van der Waals surface area (Å²) >= 11 is 6.33. The summed E-state index contributed by atoms with van der Waals surface area (Å²) in [7, 11) is 0. The van der Waals surface area contributed by atoms with Crippen LogP contribution in [0.15, 0.2) is 30.3 Å². The summed E-state index contributed by atoms with van der Waals surface area (Å²) in [6.07, 6.45) is 1.11. The van der Waals surface area contributed by atoms with E-state index in [1.165, 1.54) is 5.56 Å². The summed E-state index contributed by atoms with van der Waals surface area (Å²) in [6, 6.07) is 11.3. The summed E-state index contributed by atoms with van der Waals surface area (Å²) in [6.45, 7) is 8.96. The molecule has 1 aliphatic rings. The average molecular weight is 252 g/mol. The first kappa shape index (κ1) is 12.9. The summed E-state index contributed by atoms with van der Waals surface area (Å²) in [5.41, 5.74) is 1.69. The third-order valence-electron chi connectivity index (χ3n) is 3.58. The molecule has 1 aliphatic heterocycles. The second kappa shape index (κ2) is 4.99. The maximum absolute atomic E-state index is 6.33. The van der Waals surface area contributed by atoms with Gasteiger partial charge in [0.1, 0.15) is 0 Å². The molecule has 0 unspecified atom stereocenters. The van der Waals surface area contributed by atoms with E-state index < -0.39 is 0 Å². The molecule has 1 aromatic carbocycles. The lowest BCUT2D eigenvalue weighted by atomic mass is 9.85. The number of nitrogens with zero attached hydrogens (tertiary/aromatic N) is 1. The van der Waals surface area contributed by atoms with E-state index in [0.717, 1.165) is 19.5 Å². The Hall–Kier alpha value is -0.530. The molecular weight excluding hydrogens is 230 g/mol. The van der Waals surface area contributed by atoms with Crippen molar-refractivity contribution in [1.29, 1.82) is 0 Å². The van der Waals surface area contributed by atoms with Gasteiger partial charge in [-0.1, -0.05) is 51.1 Å². The molecule has 0 spiro atoms. The lowest BCUT2D eigenvalue weighted by Crippen LogP contribution is -2.38. The van der Waals surface area contributed by atoms with E-state index in [0.29, 0.717) is 16.8 Å². The van der Waals surface area contributed by atoms with Crippen molar-refractivity contribution >= 4 is 11.6 Å². The Morgan fingerprint density at radius 2 is 1.88 bits per heavy atom. The van der Waals surface area contributed by atoms with E-state index in [1.54, 1.807) is 0 Å². The molecule has 0 aliphatic carbocycles. The van der Waals surface area contributed by atoms with Gasteiger partial charge in [-0.3, -0.25) is 4.90 Å². The highest BCUT2D eigenvalue weighted by Crippen LogP contribution is 2.35. The molecule has 2 atom stereocenters.